The Hall–Kier alpha value is -1.64. The van der Waals surface area contributed by atoms with E-state index < -0.39 is 0 Å². The Labute approximate surface area is 89.3 Å². The number of hydrogen-bond acceptors (Lipinski definition) is 2. The third-order valence-corrected chi connectivity index (χ3v) is 2.17. The molecule has 0 saturated heterocycles. The topological polar surface area (TPSA) is 60.2 Å². The van der Waals surface area contributed by atoms with E-state index in [-0.39, 0.29) is 18.1 Å². The van der Waals surface area contributed by atoms with E-state index in [9.17, 15) is 9.59 Å². The standard InChI is InChI=1S/C12H15NO2/c1-9-4-2-5-10(8-9)11(14)6-3-7-12(13)15/h2,4-5,8H,3,6-7H2,1H3,(H2,13,15). The molecule has 0 aliphatic heterocycles. The first kappa shape index (κ1) is 11.4. The lowest BCUT2D eigenvalue weighted by molar-refractivity contribution is -0.118. The molecule has 0 fully saturated rings. The molecule has 0 aromatic heterocycles. The van der Waals surface area contributed by atoms with Crippen LogP contribution in [0.15, 0.2) is 24.3 Å². The van der Waals surface area contributed by atoms with Crippen molar-refractivity contribution in [1.82, 2.24) is 0 Å². The van der Waals surface area contributed by atoms with Crippen LogP contribution in [-0.2, 0) is 4.79 Å². The maximum Gasteiger partial charge on any atom is 0.217 e. The smallest absolute Gasteiger partial charge is 0.217 e. The zero-order chi connectivity index (χ0) is 11.3. The van der Waals surface area contributed by atoms with Crippen LogP contribution in [0, 0.1) is 6.92 Å². The maximum absolute atomic E-state index is 11.6. The number of aryl methyl sites for hydroxylation is 1. The van der Waals surface area contributed by atoms with E-state index >= 15 is 0 Å². The van der Waals surface area contributed by atoms with E-state index in [0.717, 1.165) is 5.56 Å². The lowest BCUT2D eigenvalue weighted by Crippen LogP contribution is -2.10. The summed E-state index contributed by atoms with van der Waals surface area (Å²) in [6.45, 7) is 1.94. The Morgan fingerprint density at radius 2 is 2.00 bits per heavy atom. The molecule has 80 valence electrons. The van der Waals surface area contributed by atoms with Gasteiger partial charge >= 0.3 is 0 Å². The van der Waals surface area contributed by atoms with E-state index in [2.05, 4.69) is 0 Å². The van der Waals surface area contributed by atoms with Gasteiger partial charge in [0, 0.05) is 18.4 Å². The molecule has 1 rings (SSSR count). The summed E-state index contributed by atoms with van der Waals surface area (Å²) in [4.78, 5) is 22.1. The highest BCUT2D eigenvalue weighted by Gasteiger charge is 2.06. The lowest BCUT2D eigenvalue weighted by Gasteiger charge is -2.01. The molecular formula is C12H15NO2. The van der Waals surface area contributed by atoms with Crippen molar-refractivity contribution in [1.29, 1.82) is 0 Å². The maximum atomic E-state index is 11.6. The summed E-state index contributed by atoms with van der Waals surface area (Å²) in [5, 5.41) is 0. The molecule has 0 saturated carbocycles. The molecule has 15 heavy (non-hydrogen) atoms. The van der Waals surface area contributed by atoms with Crippen LogP contribution in [0.1, 0.15) is 35.2 Å². The summed E-state index contributed by atoms with van der Waals surface area (Å²) in [5.74, 6) is -0.285. The lowest BCUT2D eigenvalue weighted by atomic mass is 10.0. The van der Waals surface area contributed by atoms with Crippen molar-refractivity contribution in [3.05, 3.63) is 35.4 Å². The van der Waals surface area contributed by atoms with Crippen LogP contribution in [0.4, 0.5) is 0 Å². The van der Waals surface area contributed by atoms with E-state index in [1.807, 2.05) is 25.1 Å². The number of hydrogen-bond donors (Lipinski definition) is 1. The summed E-state index contributed by atoms with van der Waals surface area (Å²) >= 11 is 0. The Morgan fingerprint density at radius 3 is 2.60 bits per heavy atom. The number of ketones is 1. The molecule has 0 aliphatic carbocycles. The van der Waals surface area contributed by atoms with Gasteiger partial charge < -0.3 is 5.73 Å². The zero-order valence-corrected chi connectivity index (χ0v) is 8.82. The van der Waals surface area contributed by atoms with Crippen molar-refractivity contribution in [3.8, 4) is 0 Å². The largest absolute Gasteiger partial charge is 0.370 e. The van der Waals surface area contributed by atoms with Gasteiger partial charge in [-0.15, -0.1) is 0 Å². The van der Waals surface area contributed by atoms with Crippen molar-refractivity contribution in [2.24, 2.45) is 5.73 Å². The van der Waals surface area contributed by atoms with Gasteiger partial charge in [-0.2, -0.15) is 0 Å². The monoisotopic (exact) mass is 205 g/mol. The van der Waals surface area contributed by atoms with E-state index in [1.165, 1.54) is 0 Å². The number of amides is 1. The number of carbonyl (C=O) groups is 2. The fourth-order valence-corrected chi connectivity index (χ4v) is 1.39. The molecular weight excluding hydrogens is 190 g/mol. The second-order valence-electron chi connectivity index (χ2n) is 3.61. The van der Waals surface area contributed by atoms with Crippen molar-refractivity contribution in [2.45, 2.75) is 26.2 Å². The van der Waals surface area contributed by atoms with Gasteiger partial charge in [0.1, 0.15) is 0 Å². The number of primary amides is 1. The number of nitrogens with two attached hydrogens (primary N) is 1. The van der Waals surface area contributed by atoms with Crippen LogP contribution in [0.2, 0.25) is 0 Å². The van der Waals surface area contributed by atoms with E-state index in [0.29, 0.717) is 18.4 Å². The van der Waals surface area contributed by atoms with Crippen molar-refractivity contribution >= 4 is 11.7 Å². The summed E-state index contributed by atoms with van der Waals surface area (Å²) in [6, 6.07) is 7.45. The van der Waals surface area contributed by atoms with Gasteiger partial charge in [-0.05, 0) is 19.4 Å². The predicted molar refractivity (Wildman–Crippen MR) is 58.6 cm³/mol. The van der Waals surface area contributed by atoms with Gasteiger partial charge in [-0.1, -0.05) is 23.8 Å². The molecule has 3 heteroatoms. The Balaban J connectivity index is 2.50. The molecule has 1 aromatic rings. The summed E-state index contributed by atoms with van der Waals surface area (Å²) < 4.78 is 0. The average Bonchev–Trinajstić information content (AvgIpc) is 2.17. The molecule has 1 amide bonds. The second kappa shape index (κ2) is 5.29. The quantitative estimate of drug-likeness (QED) is 0.745. The molecule has 0 unspecified atom stereocenters. The molecule has 3 nitrogen and oxygen atoms in total. The van der Waals surface area contributed by atoms with Gasteiger partial charge in [-0.3, -0.25) is 9.59 Å². The van der Waals surface area contributed by atoms with Crippen LogP contribution >= 0.6 is 0 Å². The van der Waals surface area contributed by atoms with Gasteiger partial charge in [0.2, 0.25) is 5.91 Å². The van der Waals surface area contributed by atoms with Crippen LogP contribution in [0.3, 0.4) is 0 Å². The molecule has 0 bridgehead atoms. The van der Waals surface area contributed by atoms with E-state index in [4.69, 9.17) is 5.73 Å². The van der Waals surface area contributed by atoms with Gasteiger partial charge in [0.05, 0.1) is 0 Å². The first-order valence-electron chi connectivity index (χ1n) is 4.98. The van der Waals surface area contributed by atoms with Crippen LogP contribution in [0.5, 0.6) is 0 Å². The van der Waals surface area contributed by atoms with Gasteiger partial charge in [-0.25, -0.2) is 0 Å². The molecule has 0 aliphatic rings. The van der Waals surface area contributed by atoms with Crippen molar-refractivity contribution in [3.63, 3.8) is 0 Å². The van der Waals surface area contributed by atoms with Crippen molar-refractivity contribution < 1.29 is 9.59 Å². The van der Waals surface area contributed by atoms with E-state index in [1.54, 1.807) is 6.07 Å². The highest BCUT2D eigenvalue weighted by molar-refractivity contribution is 5.96. The summed E-state index contributed by atoms with van der Waals surface area (Å²) in [6.07, 6.45) is 1.19. The average molecular weight is 205 g/mol. The number of benzene rings is 1. The Kier molecular flexibility index (Phi) is 4.03. The number of rotatable bonds is 5. The first-order valence-corrected chi connectivity index (χ1v) is 4.98. The van der Waals surface area contributed by atoms with Crippen LogP contribution in [-0.4, -0.2) is 11.7 Å². The molecule has 0 atom stereocenters. The molecule has 0 radical (unpaired) electrons. The third kappa shape index (κ3) is 3.94. The highest BCUT2D eigenvalue weighted by atomic mass is 16.1. The molecule has 0 heterocycles. The SMILES string of the molecule is Cc1cccc(C(=O)CCCC(N)=O)c1. The second-order valence-corrected chi connectivity index (χ2v) is 3.61. The fraction of sp³-hybridized carbons (Fsp3) is 0.333. The third-order valence-electron chi connectivity index (χ3n) is 2.17. The van der Waals surface area contributed by atoms with Crippen LogP contribution < -0.4 is 5.73 Å². The minimum absolute atomic E-state index is 0.0694. The van der Waals surface area contributed by atoms with Crippen LogP contribution in [0.25, 0.3) is 0 Å². The molecule has 1 aromatic carbocycles. The van der Waals surface area contributed by atoms with Gasteiger partial charge in [0.15, 0.2) is 5.78 Å². The highest BCUT2D eigenvalue weighted by Crippen LogP contribution is 2.09. The Morgan fingerprint density at radius 1 is 1.27 bits per heavy atom. The summed E-state index contributed by atoms with van der Waals surface area (Å²) in [5.41, 5.74) is 6.76. The minimum Gasteiger partial charge on any atom is -0.370 e. The Bertz CT molecular complexity index is 372. The summed E-state index contributed by atoms with van der Waals surface area (Å²) in [7, 11) is 0. The number of Topliss-reactive ketones (excluding diaryl/α,β-unsaturated/α-hetero) is 1. The molecule has 0 spiro atoms. The fourth-order valence-electron chi connectivity index (χ4n) is 1.39. The first-order chi connectivity index (χ1) is 7.09. The van der Waals surface area contributed by atoms with Gasteiger partial charge in [0.25, 0.3) is 0 Å². The zero-order valence-electron chi connectivity index (χ0n) is 8.82. The normalized spacial score (nSPS) is 9.93. The predicted octanol–water partition coefficient (Wildman–Crippen LogP) is 1.83. The minimum atomic E-state index is -0.355. The van der Waals surface area contributed by atoms with Crippen molar-refractivity contribution in [2.75, 3.05) is 0 Å². The number of carbonyl (C=O) groups excluding carboxylic acids is 2. The molecule has 2 N–H and O–H groups in total.